The van der Waals surface area contributed by atoms with Gasteiger partial charge in [0.05, 0.1) is 22.7 Å². The molecule has 0 aliphatic carbocycles. The summed E-state index contributed by atoms with van der Waals surface area (Å²) in [5.74, 6) is -0.146. The number of nitrogens with zero attached hydrogens (tertiary/aromatic N) is 1. The Morgan fingerprint density at radius 2 is 1.86 bits per heavy atom. The maximum Gasteiger partial charge on any atom is 0.254 e. The van der Waals surface area contributed by atoms with E-state index in [1.165, 1.54) is 5.56 Å². The standard InChI is InChI=1S/C17H15Cl2NO2/c18-15-6-5-12(8-16(15)19)17(22)20-9-13-4-2-1-3-11(13)7-14(20)10-21/h1-6,8,14,21H,7,9-10H2. The van der Waals surface area contributed by atoms with Crippen LogP contribution in [0, 0.1) is 0 Å². The van der Waals surface area contributed by atoms with E-state index in [1.807, 2.05) is 24.3 Å². The lowest BCUT2D eigenvalue weighted by Crippen LogP contribution is -2.46. The smallest absolute Gasteiger partial charge is 0.254 e. The summed E-state index contributed by atoms with van der Waals surface area (Å²) in [7, 11) is 0. The van der Waals surface area contributed by atoms with Gasteiger partial charge in [-0.3, -0.25) is 4.79 Å². The minimum Gasteiger partial charge on any atom is -0.394 e. The van der Waals surface area contributed by atoms with E-state index in [2.05, 4.69) is 0 Å². The third-order valence-electron chi connectivity index (χ3n) is 3.99. The fraction of sp³-hybridized carbons (Fsp3) is 0.235. The first kappa shape index (κ1) is 15.3. The van der Waals surface area contributed by atoms with Gasteiger partial charge in [-0.2, -0.15) is 0 Å². The van der Waals surface area contributed by atoms with E-state index in [0.29, 0.717) is 28.6 Å². The Bertz CT molecular complexity index is 718. The van der Waals surface area contributed by atoms with Crippen molar-refractivity contribution in [3.63, 3.8) is 0 Å². The largest absolute Gasteiger partial charge is 0.394 e. The van der Waals surface area contributed by atoms with Crippen LogP contribution in [0.15, 0.2) is 42.5 Å². The zero-order chi connectivity index (χ0) is 15.7. The Balaban J connectivity index is 1.92. The molecule has 3 rings (SSSR count). The molecule has 1 unspecified atom stereocenters. The van der Waals surface area contributed by atoms with E-state index in [4.69, 9.17) is 23.2 Å². The average molecular weight is 336 g/mol. The third kappa shape index (κ3) is 2.84. The van der Waals surface area contributed by atoms with Gasteiger partial charge in [0.1, 0.15) is 0 Å². The molecule has 0 aromatic heterocycles. The van der Waals surface area contributed by atoms with E-state index in [0.717, 1.165) is 5.56 Å². The molecule has 3 nitrogen and oxygen atoms in total. The van der Waals surface area contributed by atoms with Crippen LogP contribution in [0.25, 0.3) is 0 Å². The molecule has 1 atom stereocenters. The molecule has 5 heteroatoms. The molecular weight excluding hydrogens is 321 g/mol. The minimum atomic E-state index is -0.225. The number of hydrogen-bond donors (Lipinski definition) is 1. The maximum absolute atomic E-state index is 12.8. The number of rotatable bonds is 2. The Labute approximate surface area is 139 Å². The van der Waals surface area contributed by atoms with Crippen LogP contribution in [0.5, 0.6) is 0 Å². The molecule has 1 aliphatic heterocycles. The molecule has 114 valence electrons. The average Bonchev–Trinajstić information content (AvgIpc) is 2.55. The minimum absolute atomic E-state index is 0.0681. The van der Waals surface area contributed by atoms with Crippen LogP contribution in [0.1, 0.15) is 21.5 Å². The second-order valence-electron chi connectivity index (χ2n) is 5.37. The Morgan fingerprint density at radius 1 is 1.14 bits per heavy atom. The zero-order valence-corrected chi connectivity index (χ0v) is 13.3. The third-order valence-corrected chi connectivity index (χ3v) is 4.73. The molecular formula is C17H15Cl2NO2. The van der Waals surface area contributed by atoms with Crippen molar-refractivity contribution in [2.45, 2.75) is 19.0 Å². The van der Waals surface area contributed by atoms with Crippen LogP contribution in [0.2, 0.25) is 10.0 Å². The normalized spacial score (nSPS) is 17.2. The molecule has 1 N–H and O–H groups in total. The van der Waals surface area contributed by atoms with Crippen LogP contribution in [-0.4, -0.2) is 28.6 Å². The van der Waals surface area contributed by atoms with Gasteiger partial charge in [-0.15, -0.1) is 0 Å². The summed E-state index contributed by atoms with van der Waals surface area (Å²) in [6.45, 7) is 0.419. The Morgan fingerprint density at radius 3 is 2.55 bits per heavy atom. The van der Waals surface area contributed by atoms with Gasteiger partial charge < -0.3 is 10.0 Å². The molecule has 0 saturated carbocycles. The summed E-state index contributed by atoms with van der Waals surface area (Å²) in [6, 6.07) is 12.6. The van der Waals surface area contributed by atoms with Crippen molar-refractivity contribution in [3.05, 3.63) is 69.2 Å². The number of halogens is 2. The van der Waals surface area contributed by atoms with Crippen molar-refractivity contribution in [2.24, 2.45) is 0 Å². The topological polar surface area (TPSA) is 40.5 Å². The van der Waals surface area contributed by atoms with Gasteiger partial charge in [0.15, 0.2) is 0 Å². The monoisotopic (exact) mass is 335 g/mol. The van der Waals surface area contributed by atoms with E-state index in [1.54, 1.807) is 23.1 Å². The quantitative estimate of drug-likeness (QED) is 0.911. The van der Waals surface area contributed by atoms with Gasteiger partial charge in [-0.25, -0.2) is 0 Å². The molecule has 1 aliphatic rings. The van der Waals surface area contributed by atoms with E-state index in [9.17, 15) is 9.90 Å². The predicted molar refractivity (Wildman–Crippen MR) is 87.4 cm³/mol. The molecule has 0 saturated heterocycles. The van der Waals surface area contributed by atoms with Crippen LogP contribution in [0.3, 0.4) is 0 Å². The zero-order valence-electron chi connectivity index (χ0n) is 11.8. The van der Waals surface area contributed by atoms with E-state index < -0.39 is 0 Å². The maximum atomic E-state index is 12.8. The fourth-order valence-electron chi connectivity index (χ4n) is 2.78. The van der Waals surface area contributed by atoms with Crippen LogP contribution in [-0.2, 0) is 13.0 Å². The first-order valence-corrected chi connectivity index (χ1v) is 7.79. The van der Waals surface area contributed by atoms with Crippen LogP contribution >= 0.6 is 23.2 Å². The van der Waals surface area contributed by atoms with Gasteiger partial charge in [-0.1, -0.05) is 47.5 Å². The highest BCUT2D eigenvalue weighted by Crippen LogP contribution is 2.27. The summed E-state index contributed by atoms with van der Waals surface area (Å²) in [6.07, 6.45) is 0.653. The highest BCUT2D eigenvalue weighted by atomic mass is 35.5. The number of hydrogen-bond acceptors (Lipinski definition) is 2. The molecule has 0 bridgehead atoms. The number of amides is 1. The highest BCUT2D eigenvalue weighted by Gasteiger charge is 2.29. The Hall–Kier alpha value is -1.55. The summed E-state index contributed by atoms with van der Waals surface area (Å²) in [5, 5.41) is 10.4. The van der Waals surface area contributed by atoms with Crippen LogP contribution in [0.4, 0.5) is 0 Å². The number of aliphatic hydroxyl groups is 1. The van der Waals surface area contributed by atoms with Crippen molar-refractivity contribution < 1.29 is 9.90 Å². The Kier molecular flexibility index (Phi) is 4.39. The van der Waals surface area contributed by atoms with E-state index in [-0.39, 0.29) is 18.6 Å². The number of fused-ring (bicyclic) bond motifs is 1. The molecule has 0 spiro atoms. The van der Waals surface area contributed by atoms with Gasteiger partial charge in [0, 0.05) is 12.1 Å². The highest BCUT2D eigenvalue weighted by molar-refractivity contribution is 6.42. The summed E-state index contributed by atoms with van der Waals surface area (Å²) < 4.78 is 0. The van der Waals surface area contributed by atoms with Gasteiger partial charge >= 0.3 is 0 Å². The molecule has 1 amide bonds. The van der Waals surface area contributed by atoms with Gasteiger partial charge in [0.25, 0.3) is 5.91 Å². The number of benzene rings is 2. The number of aliphatic hydroxyl groups excluding tert-OH is 1. The van der Waals surface area contributed by atoms with Crippen molar-refractivity contribution in [3.8, 4) is 0 Å². The molecule has 22 heavy (non-hydrogen) atoms. The molecule has 2 aromatic rings. The summed E-state index contributed by atoms with van der Waals surface area (Å²) in [4.78, 5) is 14.5. The van der Waals surface area contributed by atoms with Gasteiger partial charge in [0.2, 0.25) is 0 Å². The lowest BCUT2D eigenvalue weighted by atomic mass is 9.93. The van der Waals surface area contributed by atoms with Crippen molar-refractivity contribution >= 4 is 29.1 Å². The second-order valence-corrected chi connectivity index (χ2v) is 6.19. The number of carbonyl (C=O) groups is 1. The second kappa shape index (κ2) is 6.29. The molecule has 0 fully saturated rings. The predicted octanol–water partition coefficient (Wildman–Crippen LogP) is 3.55. The van der Waals surface area contributed by atoms with Crippen molar-refractivity contribution in [2.75, 3.05) is 6.61 Å². The van der Waals surface area contributed by atoms with Crippen molar-refractivity contribution in [1.82, 2.24) is 4.90 Å². The van der Waals surface area contributed by atoms with Gasteiger partial charge in [-0.05, 0) is 35.7 Å². The lowest BCUT2D eigenvalue weighted by molar-refractivity contribution is 0.0544. The molecule has 2 aromatic carbocycles. The lowest BCUT2D eigenvalue weighted by Gasteiger charge is -2.36. The summed E-state index contributed by atoms with van der Waals surface area (Å²) >= 11 is 11.9. The number of carbonyl (C=O) groups excluding carboxylic acids is 1. The molecule has 1 heterocycles. The first-order chi connectivity index (χ1) is 10.6. The van der Waals surface area contributed by atoms with Crippen molar-refractivity contribution in [1.29, 1.82) is 0 Å². The first-order valence-electron chi connectivity index (χ1n) is 7.04. The summed E-state index contributed by atoms with van der Waals surface area (Å²) in [5.41, 5.74) is 2.77. The SMILES string of the molecule is O=C(c1ccc(Cl)c(Cl)c1)N1Cc2ccccc2CC1CO. The van der Waals surface area contributed by atoms with E-state index >= 15 is 0 Å². The fourth-order valence-corrected chi connectivity index (χ4v) is 3.08. The molecule has 0 radical (unpaired) electrons. The van der Waals surface area contributed by atoms with Crippen LogP contribution < -0.4 is 0 Å².